The summed E-state index contributed by atoms with van der Waals surface area (Å²) in [6.07, 6.45) is 4.16. The summed E-state index contributed by atoms with van der Waals surface area (Å²) in [4.78, 5) is 20.9. The van der Waals surface area contributed by atoms with Gasteiger partial charge in [-0.1, -0.05) is 6.07 Å². The highest BCUT2D eigenvalue weighted by Crippen LogP contribution is 2.12. The van der Waals surface area contributed by atoms with Gasteiger partial charge in [-0.25, -0.2) is 4.98 Å². The molecule has 0 spiro atoms. The Balaban J connectivity index is 1.32. The SMILES string of the molecule is O=C(CN1CCN(c2ccccn2)CC1)NCCC1CCNC1. The Kier molecular flexibility index (Phi) is 5.82. The van der Waals surface area contributed by atoms with Crippen LogP contribution in [0.4, 0.5) is 5.82 Å². The molecule has 1 atom stereocenters. The second-order valence-corrected chi connectivity index (χ2v) is 6.45. The molecule has 0 saturated carbocycles. The highest BCUT2D eigenvalue weighted by atomic mass is 16.2. The minimum atomic E-state index is 0.155. The number of aromatic nitrogens is 1. The van der Waals surface area contributed by atoms with Crippen molar-refractivity contribution in [3.05, 3.63) is 24.4 Å². The van der Waals surface area contributed by atoms with Gasteiger partial charge in [0, 0.05) is 38.9 Å². The van der Waals surface area contributed by atoms with Gasteiger partial charge in [0.15, 0.2) is 0 Å². The first-order valence-electron chi connectivity index (χ1n) is 8.67. The smallest absolute Gasteiger partial charge is 0.234 e. The maximum Gasteiger partial charge on any atom is 0.234 e. The summed E-state index contributed by atoms with van der Waals surface area (Å²) < 4.78 is 0. The first-order chi connectivity index (χ1) is 11.3. The van der Waals surface area contributed by atoms with Crippen LogP contribution in [-0.2, 0) is 4.79 Å². The molecule has 1 amide bonds. The lowest BCUT2D eigenvalue weighted by atomic mass is 10.1. The highest BCUT2D eigenvalue weighted by molar-refractivity contribution is 5.78. The number of piperazine rings is 1. The number of nitrogens with one attached hydrogen (secondary N) is 2. The molecule has 23 heavy (non-hydrogen) atoms. The number of pyridine rings is 1. The molecule has 3 rings (SSSR count). The van der Waals surface area contributed by atoms with Crippen LogP contribution in [0.1, 0.15) is 12.8 Å². The van der Waals surface area contributed by atoms with Gasteiger partial charge in [0.1, 0.15) is 5.82 Å². The molecule has 1 aromatic rings. The minimum Gasteiger partial charge on any atom is -0.355 e. The van der Waals surface area contributed by atoms with E-state index in [4.69, 9.17) is 0 Å². The zero-order valence-corrected chi connectivity index (χ0v) is 13.7. The molecule has 1 aromatic heterocycles. The molecule has 0 bridgehead atoms. The minimum absolute atomic E-state index is 0.155. The van der Waals surface area contributed by atoms with E-state index in [9.17, 15) is 4.79 Å². The van der Waals surface area contributed by atoms with Gasteiger partial charge in [-0.3, -0.25) is 9.69 Å². The summed E-state index contributed by atoms with van der Waals surface area (Å²) in [5, 5.41) is 6.43. The summed E-state index contributed by atoms with van der Waals surface area (Å²) in [5.41, 5.74) is 0. The zero-order chi connectivity index (χ0) is 15.9. The summed E-state index contributed by atoms with van der Waals surface area (Å²) in [6, 6.07) is 5.99. The fraction of sp³-hybridized carbons (Fsp3) is 0.647. The van der Waals surface area contributed by atoms with Crippen molar-refractivity contribution < 1.29 is 4.79 Å². The molecule has 2 saturated heterocycles. The van der Waals surface area contributed by atoms with Crippen molar-refractivity contribution in [1.29, 1.82) is 0 Å². The van der Waals surface area contributed by atoms with Crippen molar-refractivity contribution in [3.63, 3.8) is 0 Å². The third-order valence-corrected chi connectivity index (χ3v) is 4.75. The lowest BCUT2D eigenvalue weighted by molar-refractivity contribution is -0.122. The molecule has 126 valence electrons. The average molecular weight is 317 g/mol. The van der Waals surface area contributed by atoms with Crippen LogP contribution >= 0.6 is 0 Å². The molecule has 1 unspecified atom stereocenters. The van der Waals surface area contributed by atoms with Crippen molar-refractivity contribution in [3.8, 4) is 0 Å². The highest BCUT2D eigenvalue weighted by Gasteiger charge is 2.20. The van der Waals surface area contributed by atoms with Crippen molar-refractivity contribution in [2.75, 3.05) is 57.3 Å². The van der Waals surface area contributed by atoms with Crippen LogP contribution in [-0.4, -0.2) is 68.1 Å². The molecular weight excluding hydrogens is 290 g/mol. The second-order valence-electron chi connectivity index (χ2n) is 6.45. The van der Waals surface area contributed by atoms with Crippen LogP contribution < -0.4 is 15.5 Å². The van der Waals surface area contributed by atoms with Gasteiger partial charge in [-0.05, 0) is 44.0 Å². The molecule has 2 aliphatic rings. The van der Waals surface area contributed by atoms with E-state index >= 15 is 0 Å². The van der Waals surface area contributed by atoms with Crippen LogP contribution in [0.3, 0.4) is 0 Å². The fourth-order valence-electron chi connectivity index (χ4n) is 3.31. The van der Waals surface area contributed by atoms with Gasteiger partial charge in [0.2, 0.25) is 5.91 Å². The number of carbonyl (C=O) groups is 1. The van der Waals surface area contributed by atoms with Crippen LogP contribution in [0.2, 0.25) is 0 Å². The van der Waals surface area contributed by atoms with Crippen molar-refractivity contribution >= 4 is 11.7 Å². The predicted molar refractivity (Wildman–Crippen MR) is 91.5 cm³/mol. The Morgan fingerprint density at radius 1 is 1.30 bits per heavy atom. The Labute approximate surface area is 138 Å². The molecule has 2 aliphatic heterocycles. The van der Waals surface area contributed by atoms with Crippen molar-refractivity contribution in [2.45, 2.75) is 12.8 Å². The van der Waals surface area contributed by atoms with E-state index in [0.717, 1.165) is 64.0 Å². The summed E-state index contributed by atoms with van der Waals surface area (Å²) >= 11 is 0. The Morgan fingerprint density at radius 3 is 2.87 bits per heavy atom. The maximum atomic E-state index is 12.0. The molecule has 3 heterocycles. The molecule has 0 aliphatic carbocycles. The Hall–Kier alpha value is -1.66. The number of nitrogens with zero attached hydrogens (tertiary/aromatic N) is 3. The molecular formula is C17H27N5O. The van der Waals surface area contributed by atoms with Crippen molar-refractivity contribution in [2.24, 2.45) is 5.92 Å². The largest absolute Gasteiger partial charge is 0.355 e. The van der Waals surface area contributed by atoms with Gasteiger partial charge < -0.3 is 15.5 Å². The number of amides is 1. The van der Waals surface area contributed by atoms with Gasteiger partial charge in [-0.15, -0.1) is 0 Å². The number of rotatable bonds is 6. The average Bonchev–Trinajstić information content (AvgIpc) is 3.10. The summed E-state index contributed by atoms with van der Waals surface area (Å²) in [6.45, 7) is 7.23. The lowest BCUT2D eigenvalue weighted by Crippen LogP contribution is -2.49. The second kappa shape index (κ2) is 8.26. The molecule has 0 radical (unpaired) electrons. The summed E-state index contributed by atoms with van der Waals surface area (Å²) in [7, 11) is 0. The van der Waals surface area contributed by atoms with Crippen LogP contribution in [0, 0.1) is 5.92 Å². The first kappa shape index (κ1) is 16.2. The third-order valence-electron chi connectivity index (χ3n) is 4.75. The topological polar surface area (TPSA) is 60.5 Å². The third kappa shape index (κ3) is 4.91. The lowest BCUT2D eigenvalue weighted by Gasteiger charge is -2.34. The monoisotopic (exact) mass is 317 g/mol. The maximum absolute atomic E-state index is 12.0. The normalized spacial score (nSPS) is 22.3. The van der Waals surface area contributed by atoms with Crippen LogP contribution in [0.25, 0.3) is 0 Å². The van der Waals surface area contributed by atoms with Gasteiger partial charge in [-0.2, -0.15) is 0 Å². The van der Waals surface area contributed by atoms with E-state index in [1.54, 1.807) is 0 Å². The quantitative estimate of drug-likeness (QED) is 0.791. The van der Waals surface area contributed by atoms with E-state index in [-0.39, 0.29) is 5.91 Å². The molecule has 6 heteroatoms. The summed E-state index contributed by atoms with van der Waals surface area (Å²) in [5.74, 6) is 1.92. The Bertz CT molecular complexity index is 481. The van der Waals surface area contributed by atoms with E-state index in [1.807, 2.05) is 24.4 Å². The van der Waals surface area contributed by atoms with Gasteiger partial charge in [0.25, 0.3) is 0 Å². The number of hydrogen-bond donors (Lipinski definition) is 2. The number of anilines is 1. The van der Waals surface area contributed by atoms with Crippen molar-refractivity contribution in [1.82, 2.24) is 20.5 Å². The molecule has 2 N–H and O–H groups in total. The number of carbonyl (C=O) groups excluding carboxylic acids is 1. The zero-order valence-electron chi connectivity index (χ0n) is 13.7. The number of hydrogen-bond acceptors (Lipinski definition) is 5. The standard InChI is InChI=1S/C17H27N5O/c23-17(20-8-5-15-4-7-18-13-15)14-21-9-11-22(12-10-21)16-3-1-2-6-19-16/h1-3,6,15,18H,4-5,7-14H2,(H,20,23). The first-order valence-corrected chi connectivity index (χ1v) is 8.67. The van der Waals surface area contributed by atoms with E-state index in [1.165, 1.54) is 6.42 Å². The van der Waals surface area contributed by atoms with Gasteiger partial charge in [0.05, 0.1) is 6.54 Å². The molecule has 6 nitrogen and oxygen atoms in total. The van der Waals surface area contributed by atoms with E-state index in [2.05, 4.69) is 25.4 Å². The molecule has 0 aromatic carbocycles. The van der Waals surface area contributed by atoms with E-state index in [0.29, 0.717) is 6.54 Å². The van der Waals surface area contributed by atoms with E-state index < -0.39 is 0 Å². The molecule has 2 fully saturated rings. The van der Waals surface area contributed by atoms with Crippen LogP contribution in [0.15, 0.2) is 24.4 Å². The fourth-order valence-corrected chi connectivity index (χ4v) is 3.31. The Morgan fingerprint density at radius 2 is 2.17 bits per heavy atom. The van der Waals surface area contributed by atoms with Crippen LogP contribution in [0.5, 0.6) is 0 Å². The van der Waals surface area contributed by atoms with Gasteiger partial charge >= 0.3 is 0 Å². The predicted octanol–water partition coefficient (Wildman–Crippen LogP) is 0.319.